The van der Waals surface area contributed by atoms with Gasteiger partial charge in [-0.25, -0.2) is 9.97 Å². The van der Waals surface area contributed by atoms with Gasteiger partial charge in [0.15, 0.2) is 5.65 Å². The Morgan fingerprint density at radius 1 is 1.44 bits per heavy atom. The Balaban J connectivity index is 2.41. The molecular weight excluding hydrogens is 204 g/mol. The van der Waals surface area contributed by atoms with Crippen molar-refractivity contribution in [1.29, 1.82) is 0 Å². The van der Waals surface area contributed by atoms with E-state index in [-0.39, 0.29) is 12.1 Å². The molecule has 0 fully saturated rings. The molecule has 0 unspecified atom stereocenters. The van der Waals surface area contributed by atoms with E-state index < -0.39 is 0 Å². The minimum atomic E-state index is -0.114. The smallest absolute Gasteiger partial charge is 0.260 e. The van der Waals surface area contributed by atoms with Crippen LogP contribution < -0.4 is 11.3 Å². The predicted molar refractivity (Wildman–Crippen MR) is 60.1 cm³/mol. The van der Waals surface area contributed by atoms with E-state index in [0.717, 1.165) is 24.8 Å². The van der Waals surface area contributed by atoms with E-state index in [1.807, 2.05) is 6.20 Å². The highest BCUT2D eigenvalue weighted by atomic mass is 16.1. The third-order valence-corrected chi connectivity index (χ3v) is 3.05. The molecule has 3 rings (SSSR count). The quantitative estimate of drug-likeness (QED) is 0.716. The highest BCUT2D eigenvalue weighted by Crippen LogP contribution is 2.25. The molecule has 2 heterocycles. The molecule has 0 aliphatic heterocycles. The summed E-state index contributed by atoms with van der Waals surface area (Å²) in [5, 5.41) is 0.646. The summed E-state index contributed by atoms with van der Waals surface area (Å²) in [6.07, 6.45) is 4.88. The van der Waals surface area contributed by atoms with E-state index in [4.69, 9.17) is 5.73 Å². The zero-order chi connectivity index (χ0) is 11.1. The number of rotatable bonds is 1. The largest absolute Gasteiger partial charge is 0.324 e. The fourth-order valence-corrected chi connectivity index (χ4v) is 2.30. The number of aryl methyl sites for hydroxylation is 2. The maximum absolute atomic E-state index is 11.9. The Morgan fingerprint density at radius 3 is 3.12 bits per heavy atom. The van der Waals surface area contributed by atoms with Gasteiger partial charge in [-0.1, -0.05) is 0 Å². The average Bonchev–Trinajstić information content (AvgIpc) is 2.76. The van der Waals surface area contributed by atoms with E-state index in [2.05, 4.69) is 15.0 Å². The number of pyridine rings is 1. The van der Waals surface area contributed by atoms with Crippen LogP contribution in [0, 0.1) is 0 Å². The third-order valence-electron chi connectivity index (χ3n) is 3.05. The third kappa shape index (κ3) is 1.25. The second-order valence-electron chi connectivity index (χ2n) is 4.03. The van der Waals surface area contributed by atoms with Gasteiger partial charge in [-0.3, -0.25) is 4.79 Å². The highest BCUT2D eigenvalue weighted by Gasteiger charge is 2.17. The Hall–Kier alpha value is -1.75. The molecule has 0 aromatic carbocycles. The summed E-state index contributed by atoms with van der Waals surface area (Å²) in [6, 6.07) is 0. The number of aromatic nitrogens is 3. The van der Waals surface area contributed by atoms with Crippen molar-refractivity contribution in [3.63, 3.8) is 0 Å². The standard InChI is InChI=1S/C11H12N4O/c12-4-8-14-10-9(11(16)15-8)7-3-1-2-6(7)5-13-10/h5H,1-4,12H2,(H,13,14,15,16). The van der Waals surface area contributed by atoms with Crippen LogP contribution in [0.3, 0.4) is 0 Å². The van der Waals surface area contributed by atoms with Crippen molar-refractivity contribution >= 4 is 11.0 Å². The van der Waals surface area contributed by atoms with Crippen LogP contribution in [0.25, 0.3) is 11.0 Å². The molecule has 82 valence electrons. The van der Waals surface area contributed by atoms with Crippen LogP contribution in [0.1, 0.15) is 23.4 Å². The molecule has 1 aliphatic carbocycles. The lowest BCUT2D eigenvalue weighted by Crippen LogP contribution is -2.16. The summed E-state index contributed by atoms with van der Waals surface area (Å²) in [6.45, 7) is 0.226. The van der Waals surface area contributed by atoms with Gasteiger partial charge in [-0.15, -0.1) is 0 Å². The van der Waals surface area contributed by atoms with E-state index in [9.17, 15) is 4.79 Å². The molecule has 1 aliphatic rings. The topological polar surface area (TPSA) is 84.7 Å². The van der Waals surface area contributed by atoms with Gasteiger partial charge in [-0.05, 0) is 30.4 Å². The van der Waals surface area contributed by atoms with Crippen LogP contribution >= 0.6 is 0 Å². The molecule has 5 nitrogen and oxygen atoms in total. The molecule has 0 amide bonds. The first-order chi connectivity index (χ1) is 7.79. The Kier molecular flexibility index (Phi) is 2.00. The molecule has 3 N–H and O–H groups in total. The van der Waals surface area contributed by atoms with Crippen molar-refractivity contribution < 1.29 is 0 Å². The van der Waals surface area contributed by atoms with Gasteiger partial charge < -0.3 is 10.7 Å². The number of nitrogens with two attached hydrogens (primary N) is 1. The molecule has 0 radical (unpaired) electrons. The fourth-order valence-electron chi connectivity index (χ4n) is 2.30. The van der Waals surface area contributed by atoms with E-state index >= 15 is 0 Å². The second-order valence-corrected chi connectivity index (χ2v) is 4.03. The number of hydrogen-bond donors (Lipinski definition) is 2. The second kappa shape index (κ2) is 3.38. The van der Waals surface area contributed by atoms with E-state index in [1.54, 1.807) is 0 Å². The molecule has 0 saturated heterocycles. The van der Waals surface area contributed by atoms with Crippen LogP contribution in [-0.4, -0.2) is 15.0 Å². The first-order valence-electron chi connectivity index (χ1n) is 5.39. The van der Waals surface area contributed by atoms with Crippen molar-refractivity contribution in [2.24, 2.45) is 5.73 Å². The van der Waals surface area contributed by atoms with Gasteiger partial charge in [0.2, 0.25) is 0 Å². The summed E-state index contributed by atoms with van der Waals surface area (Å²) in [7, 11) is 0. The first kappa shape index (κ1) is 9.47. The minimum Gasteiger partial charge on any atom is -0.324 e. The molecule has 5 heteroatoms. The number of nitrogens with zero attached hydrogens (tertiary/aromatic N) is 2. The van der Waals surface area contributed by atoms with Crippen molar-refractivity contribution in [1.82, 2.24) is 15.0 Å². The molecule has 16 heavy (non-hydrogen) atoms. The lowest BCUT2D eigenvalue weighted by molar-refractivity contribution is 0.903. The monoisotopic (exact) mass is 216 g/mol. The maximum Gasteiger partial charge on any atom is 0.260 e. The Labute approximate surface area is 91.7 Å². The van der Waals surface area contributed by atoms with Crippen molar-refractivity contribution in [3.05, 3.63) is 33.5 Å². The van der Waals surface area contributed by atoms with Gasteiger partial charge in [0.05, 0.1) is 11.9 Å². The maximum atomic E-state index is 11.9. The van der Waals surface area contributed by atoms with Gasteiger partial charge in [0.1, 0.15) is 5.82 Å². The fraction of sp³-hybridized carbons (Fsp3) is 0.364. The van der Waals surface area contributed by atoms with Crippen molar-refractivity contribution in [3.8, 4) is 0 Å². The lowest BCUT2D eigenvalue weighted by atomic mass is 10.1. The molecule has 0 spiro atoms. The summed E-state index contributed by atoms with van der Waals surface area (Å²) in [4.78, 5) is 23.1. The summed E-state index contributed by atoms with van der Waals surface area (Å²) >= 11 is 0. The minimum absolute atomic E-state index is 0.114. The van der Waals surface area contributed by atoms with Crippen LogP contribution in [0.15, 0.2) is 11.0 Å². The average molecular weight is 216 g/mol. The molecule has 2 aromatic heterocycles. The Morgan fingerprint density at radius 2 is 2.31 bits per heavy atom. The van der Waals surface area contributed by atoms with Gasteiger partial charge in [0.25, 0.3) is 5.56 Å². The predicted octanol–water partition coefficient (Wildman–Crippen LogP) is 0.265. The van der Waals surface area contributed by atoms with Gasteiger partial charge >= 0.3 is 0 Å². The van der Waals surface area contributed by atoms with Crippen LogP contribution in [0.5, 0.6) is 0 Å². The van der Waals surface area contributed by atoms with Gasteiger partial charge in [0, 0.05) is 6.20 Å². The zero-order valence-electron chi connectivity index (χ0n) is 8.79. The number of nitrogens with one attached hydrogen (secondary N) is 1. The molecule has 2 aromatic rings. The number of H-pyrrole nitrogens is 1. The van der Waals surface area contributed by atoms with E-state index in [0.29, 0.717) is 16.9 Å². The molecule has 0 atom stereocenters. The molecule has 0 saturated carbocycles. The van der Waals surface area contributed by atoms with Crippen molar-refractivity contribution in [2.45, 2.75) is 25.8 Å². The zero-order valence-corrected chi connectivity index (χ0v) is 8.79. The normalized spacial score (nSPS) is 14.3. The van der Waals surface area contributed by atoms with Crippen LogP contribution in [0.4, 0.5) is 0 Å². The van der Waals surface area contributed by atoms with E-state index in [1.165, 1.54) is 5.56 Å². The summed E-state index contributed by atoms with van der Waals surface area (Å²) < 4.78 is 0. The molecule has 0 bridgehead atoms. The SMILES string of the molecule is NCc1nc2ncc3c(c2c(=O)[nH]1)CCC3. The summed E-state index contributed by atoms with van der Waals surface area (Å²) in [5.41, 5.74) is 8.16. The Bertz CT molecular complexity index is 617. The number of fused-ring (bicyclic) bond motifs is 3. The highest BCUT2D eigenvalue weighted by molar-refractivity contribution is 5.79. The van der Waals surface area contributed by atoms with Crippen LogP contribution in [0.2, 0.25) is 0 Å². The number of aromatic amines is 1. The number of hydrogen-bond acceptors (Lipinski definition) is 4. The summed E-state index contributed by atoms with van der Waals surface area (Å²) in [5.74, 6) is 0.489. The van der Waals surface area contributed by atoms with Crippen molar-refractivity contribution in [2.75, 3.05) is 0 Å². The first-order valence-corrected chi connectivity index (χ1v) is 5.39. The lowest BCUT2D eigenvalue weighted by Gasteiger charge is -2.04. The van der Waals surface area contributed by atoms with Gasteiger partial charge in [-0.2, -0.15) is 0 Å². The van der Waals surface area contributed by atoms with Crippen LogP contribution in [-0.2, 0) is 19.4 Å². The molecular formula is C11H12N4O.